The number of aliphatic imine (C=N–C) groups is 1. The van der Waals surface area contributed by atoms with Crippen LogP contribution in [0.15, 0.2) is 26.8 Å². The van der Waals surface area contributed by atoms with Gasteiger partial charge in [-0.15, -0.1) is 0 Å². The average Bonchev–Trinajstić information content (AvgIpc) is 2.95. The first-order valence-electron chi connectivity index (χ1n) is 8.51. The predicted octanol–water partition coefficient (Wildman–Crippen LogP) is 0.294. The second kappa shape index (κ2) is 10.0. The molecule has 0 aliphatic carbocycles. The quantitative estimate of drug-likeness (QED) is 0.323. The Morgan fingerprint density at radius 3 is 2.53 bits per heavy atom. The lowest BCUT2D eigenvalue weighted by Gasteiger charge is -2.27. The number of rotatable bonds is 9. The van der Waals surface area contributed by atoms with E-state index in [1.165, 1.54) is 13.3 Å². The molecule has 30 heavy (non-hydrogen) atoms. The maximum atomic E-state index is 12.2. The summed E-state index contributed by atoms with van der Waals surface area (Å²) in [5.41, 5.74) is -1.42. The molecule has 6 atom stereocenters. The number of aromatic nitrogens is 2. The topological polar surface area (TPSA) is 171 Å². The van der Waals surface area contributed by atoms with E-state index in [9.17, 15) is 23.9 Å². The Bertz CT molecular complexity index is 979. The summed E-state index contributed by atoms with van der Waals surface area (Å²) in [6.45, 7) is -0.529. The standard InChI is InChI=1S/C14H23N3O10P2S/c1-8(2)26-29(22,30)27-10-11(23-3)13(17-6-5-9(18)16-14(17)19)25-12(10)15-7-28(20,21)24-4/h5-8,10-13H,1-4H3,(H,20,21)(H,22,30)(H,16,18,19)/b15-7+/t10?,11?,12-,13+,29?/m0/s1. The van der Waals surface area contributed by atoms with Crippen molar-refractivity contribution in [3.05, 3.63) is 33.1 Å². The fraction of sp³-hybridized carbons (Fsp3) is 0.643. The zero-order valence-electron chi connectivity index (χ0n) is 16.5. The molecule has 1 aliphatic rings. The first-order valence-corrected chi connectivity index (χ1v) is 12.7. The van der Waals surface area contributed by atoms with Gasteiger partial charge in [0.25, 0.3) is 5.56 Å². The molecule has 1 aromatic heterocycles. The molecular weight excluding hydrogens is 464 g/mol. The number of nitrogens with one attached hydrogen (secondary N) is 1. The molecule has 3 N–H and O–H groups in total. The van der Waals surface area contributed by atoms with E-state index in [2.05, 4.69) is 14.5 Å². The lowest BCUT2D eigenvalue weighted by Crippen LogP contribution is -2.39. The molecule has 0 saturated carbocycles. The highest BCUT2D eigenvalue weighted by Crippen LogP contribution is 2.50. The second-order valence-corrected chi connectivity index (χ2v) is 10.8. The van der Waals surface area contributed by atoms with E-state index in [0.29, 0.717) is 5.96 Å². The number of hydrogen-bond donors (Lipinski definition) is 3. The maximum absolute atomic E-state index is 12.2. The van der Waals surface area contributed by atoms with Gasteiger partial charge in [0.15, 0.2) is 12.5 Å². The Morgan fingerprint density at radius 2 is 2.00 bits per heavy atom. The summed E-state index contributed by atoms with van der Waals surface area (Å²) in [4.78, 5) is 49.4. The van der Waals surface area contributed by atoms with Gasteiger partial charge >= 0.3 is 20.0 Å². The van der Waals surface area contributed by atoms with Gasteiger partial charge < -0.3 is 28.3 Å². The minimum Gasteiger partial charge on any atom is -0.374 e. The van der Waals surface area contributed by atoms with E-state index in [0.717, 1.165) is 17.7 Å². The van der Waals surface area contributed by atoms with Crippen molar-refractivity contribution < 1.29 is 37.4 Å². The summed E-state index contributed by atoms with van der Waals surface area (Å²) in [6, 6.07) is 1.09. The van der Waals surface area contributed by atoms with E-state index < -0.39 is 56.3 Å². The fourth-order valence-corrected chi connectivity index (χ4v) is 4.92. The smallest absolute Gasteiger partial charge is 0.369 e. The van der Waals surface area contributed by atoms with Crippen molar-refractivity contribution in [1.82, 2.24) is 9.55 Å². The number of aromatic amines is 1. The Labute approximate surface area is 176 Å². The van der Waals surface area contributed by atoms with Gasteiger partial charge in [0.1, 0.15) is 18.2 Å². The lowest BCUT2D eigenvalue weighted by atomic mass is 10.2. The van der Waals surface area contributed by atoms with Crippen LogP contribution in [0.3, 0.4) is 0 Å². The number of methoxy groups -OCH3 is 1. The Kier molecular flexibility index (Phi) is 8.44. The Balaban J connectivity index is 2.46. The van der Waals surface area contributed by atoms with E-state index >= 15 is 0 Å². The molecular formula is C14H23N3O10P2S. The van der Waals surface area contributed by atoms with Crippen LogP contribution in [-0.4, -0.2) is 64.1 Å². The second-order valence-electron chi connectivity index (χ2n) is 6.34. The molecule has 170 valence electrons. The molecule has 2 heterocycles. The van der Waals surface area contributed by atoms with Crippen molar-refractivity contribution in [3.63, 3.8) is 0 Å². The zero-order chi connectivity index (χ0) is 22.7. The summed E-state index contributed by atoms with van der Waals surface area (Å²) >= 11 is 5.00. The largest absolute Gasteiger partial charge is 0.374 e. The molecule has 0 bridgehead atoms. The summed E-state index contributed by atoms with van der Waals surface area (Å²) in [5.74, 6) is 0.628. The van der Waals surface area contributed by atoms with Crippen molar-refractivity contribution in [2.45, 2.75) is 44.6 Å². The Morgan fingerprint density at radius 1 is 1.33 bits per heavy atom. The van der Waals surface area contributed by atoms with Crippen LogP contribution in [0, 0.1) is 0 Å². The number of ether oxygens (including phenoxy) is 2. The average molecular weight is 487 g/mol. The molecule has 2 rings (SSSR count). The third-order valence-electron chi connectivity index (χ3n) is 3.78. The monoisotopic (exact) mass is 487 g/mol. The van der Waals surface area contributed by atoms with Crippen LogP contribution in [0.2, 0.25) is 0 Å². The van der Waals surface area contributed by atoms with Crippen LogP contribution < -0.4 is 11.2 Å². The number of nitrogens with zero attached hydrogens (tertiary/aromatic N) is 2. The van der Waals surface area contributed by atoms with Gasteiger partial charge in [-0.2, -0.15) is 0 Å². The normalized spacial score (nSPS) is 28.6. The van der Waals surface area contributed by atoms with E-state index in [-0.39, 0.29) is 0 Å². The van der Waals surface area contributed by atoms with Crippen LogP contribution in [-0.2, 0) is 39.4 Å². The van der Waals surface area contributed by atoms with Crippen molar-refractivity contribution in [2.24, 2.45) is 4.99 Å². The van der Waals surface area contributed by atoms with E-state index in [1.54, 1.807) is 13.8 Å². The molecule has 1 aromatic rings. The maximum Gasteiger partial charge on any atom is 0.369 e. The van der Waals surface area contributed by atoms with Gasteiger partial charge in [0.05, 0.1) is 6.10 Å². The van der Waals surface area contributed by atoms with E-state index in [1.807, 2.05) is 0 Å². The molecule has 0 radical (unpaired) electrons. The molecule has 13 nitrogen and oxygen atoms in total. The molecule has 0 spiro atoms. The van der Waals surface area contributed by atoms with Crippen molar-refractivity contribution >= 4 is 32.1 Å². The van der Waals surface area contributed by atoms with Crippen LogP contribution in [0.5, 0.6) is 0 Å². The number of H-pyrrole nitrogens is 1. The fourth-order valence-electron chi connectivity index (χ4n) is 2.60. The van der Waals surface area contributed by atoms with Gasteiger partial charge in [-0.05, 0) is 25.7 Å². The highest BCUT2D eigenvalue weighted by Gasteiger charge is 2.49. The third-order valence-corrected chi connectivity index (χ3v) is 6.44. The molecule has 0 amide bonds. The highest BCUT2D eigenvalue weighted by molar-refractivity contribution is 8.07. The summed E-state index contributed by atoms with van der Waals surface area (Å²) in [7, 11) is -1.85. The zero-order valence-corrected chi connectivity index (χ0v) is 19.1. The van der Waals surface area contributed by atoms with E-state index in [4.69, 9.17) is 30.3 Å². The summed E-state index contributed by atoms with van der Waals surface area (Å²) in [5, 5.41) is 0. The van der Waals surface area contributed by atoms with Gasteiger partial charge in [0.2, 0.25) is 0 Å². The Hall–Kier alpha value is -1.05. The SMILES string of the molecule is COC1C(OP(O)(=S)OC(C)C)[C@@H](/N=C/P(=O)(O)OC)O[C@H]1n1ccc(=O)[nH]c1=O. The first-order chi connectivity index (χ1) is 13.9. The van der Waals surface area contributed by atoms with Crippen molar-refractivity contribution in [2.75, 3.05) is 14.2 Å². The molecule has 1 aliphatic heterocycles. The van der Waals surface area contributed by atoms with Crippen LogP contribution in [0.25, 0.3) is 0 Å². The highest BCUT2D eigenvalue weighted by atomic mass is 32.5. The van der Waals surface area contributed by atoms with Crippen LogP contribution >= 0.6 is 14.3 Å². The minimum atomic E-state index is -4.16. The predicted molar refractivity (Wildman–Crippen MR) is 109 cm³/mol. The van der Waals surface area contributed by atoms with Gasteiger partial charge in [-0.3, -0.25) is 28.4 Å². The van der Waals surface area contributed by atoms with Crippen LogP contribution in [0.4, 0.5) is 0 Å². The third kappa shape index (κ3) is 6.47. The lowest BCUT2D eigenvalue weighted by molar-refractivity contribution is -0.0523. The van der Waals surface area contributed by atoms with Crippen LogP contribution in [0.1, 0.15) is 20.1 Å². The molecule has 1 fully saturated rings. The summed E-state index contributed by atoms with van der Waals surface area (Å²) in [6.07, 6.45) is -4.11. The number of hydrogen-bond acceptors (Lipinski definition) is 10. The van der Waals surface area contributed by atoms with Gasteiger partial charge in [-0.25, -0.2) is 4.79 Å². The first kappa shape index (κ1) is 25.2. The van der Waals surface area contributed by atoms with Crippen molar-refractivity contribution in [1.29, 1.82) is 0 Å². The minimum absolute atomic E-state index is 0.463. The van der Waals surface area contributed by atoms with Gasteiger partial charge in [-0.1, -0.05) is 0 Å². The van der Waals surface area contributed by atoms with Gasteiger partial charge in [0, 0.05) is 26.5 Å². The molecule has 1 saturated heterocycles. The molecule has 0 aromatic carbocycles. The molecule has 4 unspecified atom stereocenters. The summed E-state index contributed by atoms with van der Waals surface area (Å²) < 4.78 is 39.0. The van der Waals surface area contributed by atoms with Crippen molar-refractivity contribution in [3.8, 4) is 0 Å². The molecule has 16 heteroatoms.